The maximum Gasteiger partial charge on any atom is 0.217 e. The van der Waals surface area contributed by atoms with Gasteiger partial charge in [0, 0.05) is 37.0 Å². The molecule has 1 atom stereocenters. The normalized spacial score (nSPS) is 12.4. The number of ether oxygens (including phenoxy) is 1. The number of methoxy groups -OCH3 is 1. The van der Waals surface area contributed by atoms with Crippen LogP contribution in [0.25, 0.3) is 0 Å². The molecule has 0 bridgehead atoms. The van der Waals surface area contributed by atoms with Gasteiger partial charge in [-0.15, -0.1) is 0 Å². The van der Waals surface area contributed by atoms with Crippen LogP contribution in [0.1, 0.15) is 36.8 Å². The molecule has 0 aromatic carbocycles. The first-order valence-electron chi connectivity index (χ1n) is 7.43. The summed E-state index contributed by atoms with van der Waals surface area (Å²) in [6.45, 7) is 5.12. The zero-order valence-electron chi connectivity index (χ0n) is 13.3. The molecule has 114 valence electrons. The largest absolute Gasteiger partial charge is 0.481 e. The third-order valence-electron chi connectivity index (χ3n) is 3.62. The molecule has 0 aliphatic rings. The smallest absolute Gasteiger partial charge is 0.217 e. The highest BCUT2D eigenvalue weighted by Crippen LogP contribution is 2.25. The summed E-state index contributed by atoms with van der Waals surface area (Å²) in [5.74, 6) is 0.682. The van der Waals surface area contributed by atoms with Crippen LogP contribution in [0.15, 0.2) is 24.4 Å². The average Bonchev–Trinajstić information content (AvgIpc) is 2.87. The van der Waals surface area contributed by atoms with E-state index in [9.17, 15) is 0 Å². The number of rotatable bonds is 7. The van der Waals surface area contributed by atoms with Gasteiger partial charge in [0.15, 0.2) is 0 Å². The highest BCUT2D eigenvalue weighted by Gasteiger charge is 2.18. The summed E-state index contributed by atoms with van der Waals surface area (Å²) in [7, 11) is 3.66. The number of pyridine rings is 1. The molecule has 2 aromatic heterocycles. The zero-order valence-corrected chi connectivity index (χ0v) is 13.3. The van der Waals surface area contributed by atoms with Gasteiger partial charge in [0.1, 0.15) is 0 Å². The van der Waals surface area contributed by atoms with Crippen molar-refractivity contribution in [3.8, 4) is 5.88 Å². The summed E-state index contributed by atoms with van der Waals surface area (Å²) in [5, 5.41) is 8.04. The minimum absolute atomic E-state index is 0.166. The summed E-state index contributed by atoms with van der Waals surface area (Å²) in [6.07, 6.45) is 3.57. The number of likely N-dealkylation sites (N-methyl/N-ethyl adjacent to an activating group) is 1. The lowest BCUT2D eigenvalue weighted by Gasteiger charge is -2.20. The Labute approximate surface area is 126 Å². The molecule has 1 N–H and O–H groups in total. The molecule has 0 spiro atoms. The zero-order chi connectivity index (χ0) is 15.2. The Morgan fingerprint density at radius 3 is 2.81 bits per heavy atom. The van der Waals surface area contributed by atoms with Gasteiger partial charge in [0.25, 0.3) is 0 Å². The van der Waals surface area contributed by atoms with Crippen molar-refractivity contribution in [3.05, 3.63) is 41.3 Å². The van der Waals surface area contributed by atoms with Gasteiger partial charge in [-0.05, 0) is 25.1 Å². The first-order valence-corrected chi connectivity index (χ1v) is 7.43. The fourth-order valence-electron chi connectivity index (χ4n) is 2.52. The van der Waals surface area contributed by atoms with Crippen molar-refractivity contribution in [2.75, 3.05) is 13.7 Å². The van der Waals surface area contributed by atoms with Crippen molar-refractivity contribution >= 4 is 0 Å². The molecular weight excluding hydrogens is 264 g/mol. The fraction of sp³-hybridized carbons (Fsp3) is 0.500. The monoisotopic (exact) mass is 288 g/mol. The number of nitrogens with one attached hydrogen (secondary N) is 1. The second-order valence-electron chi connectivity index (χ2n) is 5.02. The third kappa shape index (κ3) is 3.61. The molecule has 5 nitrogen and oxygen atoms in total. The van der Waals surface area contributed by atoms with E-state index in [4.69, 9.17) is 4.74 Å². The Hall–Kier alpha value is -1.88. The van der Waals surface area contributed by atoms with E-state index in [-0.39, 0.29) is 6.04 Å². The Morgan fingerprint density at radius 2 is 2.19 bits per heavy atom. The van der Waals surface area contributed by atoms with Crippen molar-refractivity contribution < 1.29 is 4.74 Å². The second-order valence-corrected chi connectivity index (χ2v) is 5.02. The molecule has 2 rings (SSSR count). The highest BCUT2D eigenvalue weighted by molar-refractivity contribution is 5.30. The van der Waals surface area contributed by atoms with Crippen LogP contribution < -0.4 is 10.1 Å². The van der Waals surface area contributed by atoms with Crippen LogP contribution in [0.2, 0.25) is 0 Å². The topological polar surface area (TPSA) is 52.0 Å². The van der Waals surface area contributed by atoms with Gasteiger partial charge in [0.05, 0.1) is 12.8 Å². The Bertz CT molecular complexity index is 579. The molecule has 0 saturated heterocycles. The molecule has 0 amide bonds. The lowest BCUT2D eigenvalue weighted by atomic mass is 10.0. The number of hydrogen-bond acceptors (Lipinski definition) is 4. The van der Waals surface area contributed by atoms with Crippen molar-refractivity contribution in [1.82, 2.24) is 20.1 Å². The summed E-state index contributed by atoms with van der Waals surface area (Å²) >= 11 is 0. The van der Waals surface area contributed by atoms with Gasteiger partial charge in [-0.1, -0.05) is 19.9 Å². The van der Waals surface area contributed by atoms with Gasteiger partial charge in [-0.3, -0.25) is 4.68 Å². The standard InChI is InChI=1S/C16H24N4O/c1-5-12-10-13(20(3)19-12)11-15(17-6-2)14-8-7-9-18-16(14)21-4/h7-10,15,17H,5-6,11H2,1-4H3. The van der Waals surface area contributed by atoms with Gasteiger partial charge in [0.2, 0.25) is 5.88 Å². The lowest BCUT2D eigenvalue weighted by Crippen LogP contribution is -2.24. The molecule has 5 heteroatoms. The van der Waals surface area contributed by atoms with Crippen LogP contribution in [-0.2, 0) is 19.9 Å². The molecule has 21 heavy (non-hydrogen) atoms. The number of nitrogens with zero attached hydrogens (tertiary/aromatic N) is 3. The number of hydrogen-bond donors (Lipinski definition) is 1. The van der Waals surface area contributed by atoms with E-state index < -0.39 is 0 Å². The summed E-state index contributed by atoms with van der Waals surface area (Å²) < 4.78 is 7.36. The van der Waals surface area contributed by atoms with Crippen molar-refractivity contribution in [2.45, 2.75) is 32.7 Å². The lowest BCUT2D eigenvalue weighted by molar-refractivity contribution is 0.381. The van der Waals surface area contributed by atoms with Crippen LogP contribution in [-0.4, -0.2) is 28.4 Å². The maximum atomic E-state index is 5.39. The highest BCUT2D eigenvalue weighted by atomic mass is 16.5. The van der Waals surface area contributed by atoms with Crippen LogP contribution in [0.4, 0.5) is 0 Å². The predicted molar refractivity (Wildman–Crippen MR) is 83.5 cm³/mol. The maximum absolute atomic E-state index is 5.39. The predicted octanol–water partition coefficient (Wildman–Crippen LogP) is 2.28. The SMILES string of the molecule is CCNC(Cc1cc(CC)nn1C)c1cccnc1OC. The minimum atomic E-state index is 0.166. The first-order chi connectivity index (χ1) is 10.2. The number of aryl methyl sites for hydroxylation is 2. The molecule has 1 unspecified atom stereocenters. The van der Waals surface area contributed by atoms with E-state index in [1.807, 2.05) is 17.8 Å². The molecule has 0 fully saturated rings. The molecule has 0 saturated carbocycles. The van der Waals surface area contributed by atoms with Crippen molar-refractivity contribution in [3.63, 3.8) is 0 Å². The van der Waals surface area contributed by atoms with E-state index in [2.05, 4.69) is 41.4 Å². The van der Waals surface area contributed by atoms with Crippen LogP contribution in [0, 0.1) is 0 Å². The van der Waals surface area contributed by atoms with E-state index in [0.717, 1.165) is 30.6 Å². The Morgan fingerprint density at radius 1 is 1.38 bits per heavy atom. The van der Waals surface area contributed by atoms with Gasteiger partial charge >= 0.3 is 0 Å². The van der Waals surface area contributed by atoms with Crippen LogP contribution in [0.5, 0.6) is 5.88 Å². The molecule has 2 heterocycles. The third-order valence-corrected chi connectivity index (χ3v) is 3.62. The van der Waals surface area contributed by atoms with E-state index in [0.29, 0.717) is 5.88 Å². The fourth-order valence-corrected chi connectivity index (χ4v) is 2.52. The summed E-state index contributed by atoms with van der Waals surface area (Å²) in [5.41, 5.74) is 3.42. The van der Waals surface area contributed by atoms with E-state index in [1.54, 1.807) is 13.3 Å². The van der Waals surface area contributed by atoms with Gasteiger partial charge in [-0.25, -0.2) is 4.98 Å². The molecular formula is C16H24N4O. The second kappa shape index (κ2) is 7.22. The quantitative estimate of drug-likeness (QED) is 0.849. The van der Waals surface area contributed by atoms with Crippen LogP contribution in [0.3, 0.4) is 0 Å². The van der Waals surface area contributed by atoms with Gasteiger partial charge in [-0.2, -0.15) is 5.10 Å². The Balaban J connectivity index is 2.28. The van der Waals surface area contributed by atoms with E-state index >= 15 is 0 Å². The number of aromatic nitrogens is 3. The molecule has 0 aliphatic heterocycles. The Kier molecular flexibility index (Phi) is 5.33. The van der Waals surface area contributed by atoms with Crippen LogP contribution >= 0.6 is 0 Å². The molecule has 0 radical (unpaired) electrons. The average molecular weight is 288 g/mol. The van der Waals surface area contributed by atoms with E-state index in [1.165, 1.54) is 5.69 Å². The van der Waals surface area contributed by atoms with Crippen molar-refractivity contribution in [2.24, 2.45) is 7.05 Å². The molecule has 0 aliphatic carbocycles. The van der Waals surface area contributed by atoms with Crippen molar-refractivity contribution in [1.29, 1.82) is 0 Å². The first kappa shape index (κ1) is 15.5. The molecule has 2 aromatic rings. The minimum Gasteiger partial charge on any atom is -0.481 e. The van der Waals surface area contributed by atoms with Gasteiger partial charge < -0.3 is 10.1 Å². The summed E-state index contributed by atoms with van der Waals surface area (Å²) in [4.78, 5) is 4.30. The summed E-state index contributed by atoms with van der Waals surface area (Å²) in [6, 6.07) is 6.35.